The molecular formula is C13H16N4. The first-order valence-electron chi connectivity index (χ1n) is 5.08. The Morgan fingerprint density at radius 3 is 2.71 bits per heavy atom. The summed E-state index contributed by atoms with van der Waals surface area (Å²) in [6.07, 6.45) is 5.15. The quantitative estimate of drug-likeness (QED) is 0.470. The molecule has 0 spiro atoms. The number of anilines is 1. The summed E-state index contributed by atoms with van der Waals surface area (Å²) in [4.78, 5) is 8.17. The second-order valence-corrected chi connectivity index (χ2v) is 3.61. The number of rotatable bonds is 4. The van der Waals surface area contributed by atoms with Gasteiger partial charge in [0, 0.05) is 6.20 Å². The molecule has 1 rings (SSSR count). The summed E-state index contributed by atoms with van der Waals surface area (Å²) in [5, 5.41) is 0. The molecule has 4 nitrogen and oxygen atoms in total. The van der Waals surface area contributed by atoms with Crippen LogP contribution in [0.4, 0.5) is 5.69 Å². The van der Waals surface area contributed by atoms with Crippen LogP contribution in [-0.4, -0.2) is 10.8 Å². The molecule has 1 heterocycles. The largest absolute Gasteiger partial charge is 0.397 e. The van der Waals surface area contributed by atoms with Crippen molar-refractivity contribution in [1.29, 1.82) is 0 Å². The Labute approximate surface area is 101 Å². The Kier molecular flexibility index (Phi) is 4.22. The van der Waals surface area contributed by atoms with Gasteiger partial charge >= 0.3 is 0 Å². The first-order chi connectivity index (χ1) is 8.00. The molecule has 0 atom stereocenters. The van der Waals surface area contributed by atoms with Crippen LogP contribution in [0.1, 0.15) is 12.6 Å². The molecule has 0 amide bonds. The van der Waals surface area contributed by atoms with Crippen molar-refractivity contribution in [2.24, 2.45) is 10.7 Å². The van der Waals surface area contributed by atoms with Crippen LogP contribution in [-0.2, 0) is 0 Å². The van der Waals surface area contributed by atoms with Crippen LogP contribution in [0.3, 0.4) is 0 Å². The van der Waals surface area contributed by atoms with Gasteiger partial charge in [-0.3, -0.25) is 4.98 Å². The van der Waals surface area contributed by atoms with Crippen molar-refractivity contribution < 1.29 is 0 Å². The number of hydrogen-bond acceptors (Lipinski definition) is 3. The van der Waals surface area contributed by atoms with Crippen LogP contribution in [0, 0.1) is 0 Å². The first kappa shape index (κ1) is 12.7. The zero-order chi connectivity index (χ0) is 12.8. The van der Waals surface area contributed by atoms with Gasteiger partial charge in [-0.2, -0.15) is 0 Å². The normalized spacial score (nSPS) is 11.7. The van der Waals surface area contributed by atoms with E-state index in [0.717, 1.165) is 5.57 Å². The maximum Gasteiger partial charge on any atom is 0.152 e. The van der Waals surface area contributed by atoms with Crippen molar-refractivity contribution in [3.8, 4) is 0 Å². The summed E-state index contributed by atoms with van der Waals surface area (Å²) in [6, 6.07) is 3.46. The van der Waals surface area contributed by atoms with Crippen molar-refractivity contribution in [3.63, 3.8) is 0 Å². The zero-order valence-corrected chi connectivity index (χ0v) is 9.85. The van der Waals surface area contributed by atoms with E-state index in [1.54, 1.807) is 30.5 Å². The number of hydrogen-bond donors (Lipinski definition) is 2. The monoisotopic (exact) mass is 228 g/mol. The van der Waals surface area contributed by atoms with Crippen LogP contribution >= 0.6 is 0 Å². The molecule has 0 aliphatic rings. The third kappa shape index (κ3) is 3.95. The summed E-state index contributed by atoms with van der Waals surface area (Å²) in [5.41, 5.74) is 13.9. The van der Waals surface area contributed by atoms with E-state index in [1.165, 1.54) is 0 Å². The van der Waals surface area contributed by atoms with Gasteiger partial charge in [-0.05, 0) is 25.1 Å². The molecule has 0 aliphatic carbocycles. The van der Waals surface area contributed by atoms with E-state index in [-0.39, 0.29) is 5.84 Å². The van der Waals surface area contributed by atoms with Gasteiger partial charge in [0.1, 0.15) is 5.69 Å². The van der Waals surface area contributed by atoms with Crippen LogP contribution in [0.5, 0.6) is 0 Å². The molecule has 4 heteroatoms. The highest BCUT2D eigenvalue weighted by atomic mass is 14.9. The number of amidine groups is 1. The highest BCUT2D eigenvalue weighted by molar-refractivity contribution is 6.00. The fraction of sp³-hybridized carbons (Fsp3) is 0.0769. The Morgan fingerprint density at radius 2 is 2.12 bits per heavy atom. The number of allylic oxidation sites excluding steroid dienone is 3. The average Bonchev–Trinajstić information content (AvgIpc) is 2.26. The molecule has 1 aromatic heterocycles. The summed E-state index contributed by atoms with van der Waals surface area (Å²) in [5.74, 6) is 0.250. The Morgan fingerprint density at radius 1 is 1.41 bits per heavy atom. The highest BCUT2D eigenvalue weighted by Gasteiger charge is 2.03. The molecule has 0 unspecified atom stereocenters. The second-order valence-electron chi connectivity index (χ2n) is 3.61. The Hall–Kier alpha value is -2.36. The van der Waals surface area contributed by atoms with E-state index < -0.39 is 0 Å². The van der Waals surface area contributed by atoms with Gasteiger partial charge in [0.05, 0.1) is 11.4 Å². The molecule has 0 radical (unpaired) electrons. The van der Waals surface area contributed by atoms with Gasteiger partial charge in [0.25, 0.3) is 0 Å². The van der Waals surface area contributed by atoms with Crippen molar-refractivity contribution in [2.75, 3.05) is 5.73 Å². The SMILES string of the molecule is C=C(C)/C=C\C(=C)N=C(N)c1ncccc1N. The van der Waals surface area contributed by atoms with E-state index in [9.17, 15) is 0 Å². The van der Waals surface area contributed by atoms with Crippen LogP contribution in [0.25, 0.3) is 0 Å². The topological polar surface area (TPSA) is 77.3 Å². The lowest BCUT2D eigenvalue weighted by Gasteiger charge is -2.03. The molecule has 17 heavy (non-hydrogen) atoms. The zero-order valence-electron chi connectivity index (χ0n) is 9.85. The lowest BCUT2D eigenvalue weighted by Crippen LogP contribution is -2.17. The third-order valence-corrected chi connectivity index (χ3v) is 1.91. The summed E-state index contributed by atoms with van der Waals surface area (Å²) >= 11 is 0. The fourth-order valence-electron chi connectivity index (χ4n) is 1.12. The fourth-order valence-corrected chi connectivity index (χ4v) is 1.12. The van der Waals surface area contributed by atoms with Gasteiger partial charge in [0.2, 0.25) is 0 Å². The van der Waals surface area contributed by atoms with Crippen LogP contribution in [0.15, 0.2) is 59.9 Å². The lowest BCUT2D eigenvalue weighted by atomic mass is 10.2. The molecule has 88 valence electrons. The third-order valence-electron chi connectivity index (χ3n) is 1.91. The van der Waals surface area contributed by atoms with Gasteiger partial charge in [-0.1, -0.05) is 24.8 Å². The molecule has 0 aromatic carbocycles. The summed E-state index contributed by atoms with van der Waals surface area (Å²) < 4.78 is 0. The second kappa shape index (κ2) is 5.65. The van der Waals surface area contributed by atoms with Crippen molar-refractivity contribution in [3.05, 3.63) is 60.6 Å². The number of aromatic nitrogens is 1. The molecule has 0 fully saturated rings. The summed E-state index contributed by atoms with van der Waals surface area (Å²) in [6.45, 7) is 9.38. The van der Waals surface area contributed by atoms with Crippen molar-refractivity contribution >= 4 is 11.5 Å². The molecule has 0 saturated heterocycles. The lowest BCUT2D eigenvalue weighted by molar-refractivity contribution is 1.26. The molecule has 1 aromatic rings. The number of nitrogens with two attached hydrogens (primary N) is 2. The number of pyridine rings is 1. The molecule has 4 N–H and O–H groups in total. The Balaban J connectivity index is 2.90. The standard InChI is InChI=1S/C13H16N4/c1-9(2)6-7-10(3)17-13(15)12-11(14)5-4-8-16-12/h4-8H,1,3,14H2,2H3,(H2,15,17)/b7-6-. The van der Waals surface area contributed by atoms with E-state index in [4.69, 9.17) is 11.5 Å². The van der Waals surface area contributed by atoms with E-state index in [2.05, 4.69) is 23.1 Å². The Bertz CT molecular complexity index is 498. The van der Waals surface area contributed by atoms with E-state index in [0.29, 0.717) is 17.1 Å². The predicted molar refractivity (Wildman–Crippen MR) is 72.5 cm³/mol. The number of aliphatic imine (C=N–C) groups is 1. The molecular weight excluding hydrogens is 212 g/mol. The molecule has 0 saturated carbocycles. The van der Waals surface area contributed by atoms with E-state index >= 15 is 0 Å². The van der Waals surface area contributed by atoms with Crippen LogP contribution < -0.4 is 11.5 Å². The van der Waals surface area contributed by atoms with Gasteiger partial charge in [-0.25, -0.2) is 4.99 Å². The minimum Gasteiger partial charge on any atom is -0.397 e. The predicted octanol–water partition coefficient (Wildman–Crippen LogP) is 2.02. The van der Waals surface area contributed by atoms with Crippen molar-refractivity contribution in [1.82, 2.24) is 4.98 Å². The minimum absolute atomic E-state index is 0.250. The number of nitrogens with zero attached hydrogens (tertiary/aromatic N) is 2. The smallest absolute Gasteiger partial charge is 0.152 e. The minimum atomic E-state index is 0.250. The van der Waals surface area contributed by atoms with Crippen molar-refractivity contribution in [2.45, 2.75) is 6.92 Å². The first-order valence-corrected chi connectivity index (χ1v) is 5.08. The highest BCUT2D eigenvalue weighted by Crippen LogP contribution is 2.08. The maximum absolute atomic E-state index is 5.79. The maximum atomic E-state index is 5.79. The molecule has 0 bridgehead atoms. The van der Waals surface area contributed by atoms with E-state index in [1.807, 2.05) is 6.92 Å². The summed E-state index contributed by atoms with van der Waals surface area (Å²) in [7, 11) is 0. The molecule has 0 aliphatic heterocycles. The van der Waals surface area contributed by atoms with Gasteiger partial charge in [0.15, 0.2) is 5.84 Å². The number of nitrogen functional groups attached to an aromatic ring is 1. The van der Waals surface area contributed by atoms with Gasteiger partial charge in [-0.15, -0.1) is 0 Å². The van der Waals surface area contributed by atoms with Gasteiger partial charge < -0.3 is 11.5 Å². The average molecular weight is 228 g/mol. The van der Waals surface area contributed by atoms with Crippen LogP contribution in [0.2, 0.25) is 0 Å².